The maximum absolute atomic E-state index is 10.6. The second-order valence-electron chi connectivity index (χ2n) is 2.77. The number of pyridine rings is 1. The monoisotopic (exact) mass is 257 g/mol. The molecule has 2 N–H and O–H groups in total. The highest BCUT2D eigenvalue weighted by Crippen LogP contribution is 2.19. The number of amides is 1. The molecule has 1 amide bonds. The molecule has 0 unspecified atom stereocenters. The van der Waals surface area contributed by atoms with Gasteiger partial charge in [-0.1, -0.05) is 0 Å². The van der Waals surface area contributed by atoms with Gasteiger partial charge in [0.2, 0.25) is 5.91 Å². The zero-order valence-electron chi connectivity index (χ0n) is 7.88. The first-order valence-corrected chi connectivity index (χ1v) is 5.07. The van der Waals surface area contributed by atoms with Crippen LogP contribution in [0.15, 0.2) is 22.9 Å². The van der Waals surface area contributed by atoms with E-state index in [-0.39, 0.29) is 5.91 Å². The molecule has 0 spiro atoms. The Morgan fingerprint density at radius 2 is 2.36 bits per heavy atom. The Bertz CT molecular complexity index is 317. The summed E-state index contributed by atoms with van der Waals surface area (Å²) in [5.41, 5.74) is 0.977. The molecule has 0 bridgehead atoms. The van der Waals surface area contributed by atoms with Crippen LogP contribution in [0.5, 0.6) is 0 Å². The first kappa shape index (κ1) is 11.0. The predicted octanol–water partition coefficient (Wildman–Crippen LogP) is 1.39. The highest BCUT2D eigenvalue weighted by atomic mass is 79.9. The van der Waals surface area contributed by atoms with Gasteiger partial charge >= 0.3 is 0 Å². The fourth-order valence-electron chi connectivity index (χ4n) is 0.954. The van der Waals surface area contributed by atoms with Crippen molar-refractivity contribution in [3.05, 3.63) is 22.9 Å². The topological polar surface area (TPSA) is 54.0 Å². The third kappa shape index (κ3) is 3.74. The molecular weight excluding hydrogens is 246 g/mol. The fraction of sp³-hybridized carbons (Fsp3) is 0.333. The SMILES string of the molecule is CC(=O)NCCNc1ccncc1Br. The summed E-state index contributed by atoms with van der Waals surface area (Å²) in [6.07, 6.45) is 3.44. The van der Waals surface area contributed by atoms with Crippen LogP contribution in [-0.4, -0.2) is 24.0 Å². The van der Waals surface area contributed by atoms with Gasteiger partial charge < -0.3 is 10.6 Å². The number of anilines is 1. The van der Waals surface area contributed by atoms with Crippen molar-refractivity contribution in [3.8, 4) is 0 Å². The van der Waals surface area contributed by atoms with E-state index in [2.05, 4.69) is 31.5 Å². The lowest BCUT2D eigenvalue weighted by atomic mass is 10.4. The first-order valence-electron chi connectivity index (χ1n) is 4.28. The highest BCUT2D eigenvalue weighted by Gasteiger charge is 1.97. The molecule has 0 aliphatic carbocycles. The molecule has 0 aliphatic heterocycles. The Labute approximate surface area is 91.2 Å². The summed E-state index contributed by atoms with van der Waals surface area (Å²) < 4.78 is 0.919. The quantitative estimate of drug-likeness (QED) is 0.802. The van der Waals surface area contributed by atoms with Crippen LogP contribution in [0.25, 0.3) is 0 Å². The van der Waals surface area contributed by atoms with E-state index in [1.807, 2.05) is 6.07 Å². The standard InChI is InChI=1S/C9H12BrN3O/c1-7(14)12-4-5-13-9-2-3-11-6-8(9)10/h2-3,6H,4-5H2,1H3,(H,11,13)(H,12,14). The molecule has 0 radical (unpaired) electrons. The van der Waals surface area contributed by atoms with Crippen molar-refractivity contribution in [2.24, 2.45) is 0 Å². The van der Waals surface area contributed by atoms with E-state index in [1.165, 1.54) is 6.92 Å². The fourth-order valence-corrected chi connectivity index (χ4v) is 1.34. The molecule has 0 saturated heterocycles. The maximum Gasteiger partial charge on any atom is 0.216 e. The molecule has 1 rings (SSSR count). The van der Waals surface area contributed by atoms with Crippen molar-refractivity contribution in [1.29, 1.82) is 0 Å². The number of hydrogen-bond donors (Lipinski definition) is 2. The van der Waals surface area contributed by atoms with Crippen molar-refractivity contribution in [3.63, 3.8) is 0 Å². The summed E-state index contributed by atoms with van der Waals surface area (Å²) in [6, 6.07) is 1.87. The summed E-state index contributed by atoms with van der Waals surface area (Å²) in [7, 11) is 0. The second-order valence-corrected chi connectivity index (χ2v) is 3.62. The Morgan fingerprint density at radius 3 is 3.00 bits per heavy atom. The minimum absolute atomic E-state index is 0.0133. The van der Waals surface area contributed by atoms with Gasteiger partial charge in [-0.05, 0) is 22.0 Å². The smallest absolute Gasteiger partial charge is 0.216 e. The Balaban J connectivity index is 2.31. The normalized spacial score (nSPS) is 9.57. The lowest BCUT2D eigenvalue weighted by molar-refractivity contribution is -0.118. The van der Waals surface area contributed by atoms with Crippen LogP contribution in [0.3, 0.4) is 0 Å². The van der Waals surface area contributed by atoms with Crippen molar-refractivity contribution in [1.82, 2.24) is 10.3 Å². The molecule has 4 nitrogen and oxygen atoms in total. The average molecular weight is 258 g/mol. The molecule has 5 heteroatoms. The van der Waals surface area contributed by atoms with Gasteiger partial charge in [0.1, 0.15) is 0 Å². The predicted molar refractivity (Wildman–Crippen MR) is 59.1 cm³/mol. The minimum Gasteiger partial charge on any atom is -0.382 e. The number of hydrogen-bond acceptors (Lipinski definition) is 3. The molecule has 76 valence electrons. The molecule has 0 aromatic carbocycles. The number of carbonyl (C=O) groups excluding carboxylic acids is 1. The molecule has 1 aromatic heterocycles. The van der Waals surface area contributed by atoms with E-state index in [9.17, 15) is 4.79 Å². The van der Waals surface area contributed by atoms with Gasteiger partial charge in [0.25, 0.3) is 0 Å². The van der Waals surface area contributed by atoms with Crippen molar-refractivity contribution in [2.45, 2.75) is 6.92 Å². The molecule has 1 aromatic rings. The molecule has 0 aliphatic rings. The zero-order chi connectivity index (χ0) is 10.4. The molecule has 1 heterocycles. The number of nitrogens with one attached hydrogen (secondary N) is 2. The third-order valence-electron chi connectivity index (χ3n) is 1.59. The van der Waals surface area contributed by atoms with Crippen LogP contribution in [0.1, 0.15) is 6.92 Å². The maximum atomic E-state index is 10.6. The van der Waals surface area contributed by atoms with E-state index in [1.54, 1.807) is 12.4 Å². The summed E-state index contributed by atoms with van der Waals surface area (Å²) in [5, 5.41) is 5.87. The summed E-state index contributed by atoms with van der Waals surface area (Å²) in [4.78, 5) is 14.5. The van der Waals surface area contributed by atoms with E-state index < -0.39 is 0 Å². The zero-order valence-corrected chi connectivity index (χ0v) is 9.47. The van der Waals surface area contributed by atoms with Gasteiger partial charge in [-0.25, -0.2) is 0 Å². The minimum atomic E-state index is -0.0133. The number of aromatic nitrogens is 1. The molecule has 0 fully saturated rings. The van der Waals surface area contributed by atoms with Crippen LogP contribution in [-0.2, 0) is 4.79 Å². The lowest BCUT2D eigenvalue weighted by Gasteiger charge is -2.07. The van der Waals surface area contributed by atoms with Crippen molar-refractivity contribution >= 4 is 27.5 Å². The van der Waals surface area contributed by atoms with E-state index in [0.717, 1.165) is 10.2 Å². The lowest BCUT2D eigenvalue weighted by Crippen LogP contribution is -2.26. The molecular formula is C9H12BrN3O. The van der Waals surface area contributed by atoms with Crippen LogP contribution in [0.4, 0.5) is 5.69 Å². The third-order valence-corrected chi connectivity index (χ3v) is 2.22. The van der Waals surface area contributed by atoms with E-state index >= 15 is 0 Å². The number of halogens is 1. The van der Waals surface area contributed by atoms with Crippen LogP contribution in [0.2, 0.25) is 0 Å². The van der Waals surface area contributed by atoms with E-state index in [0.29, 0.717) is 13.1 Å². The Kier molecular flexibility index (Phi) is 4.39. The molecule has 0 saturated carbocycles. The molecule has 0 atom stereocenters. The largest absolute Gasteiger partial charge is 0.382 e. The number of nitrogens with zero attached hydrogens (tertiary/aromatic N) is 1. The van der Waals surface area contributed by atoms with Crippen molar-refractivity contribution in [2.75, 3.05) is 18.4 Å². The van der Waals surface area contributed by atoms with Crippen LogP contribution < -0.4 is 10.6 Å². The average Bonchev–Trinajstić information content (AvgIpc) is 2.15. The van der Waals surface area contributed by atoms with Gasteiger partial charge in [-0.2, -0.15) is 0 Å². The van der Waals surface area contributed by atoms with Gasteiger partial charge in [-0.15, -0.1) is 0 Å². The highest BCUT2D eigenvalue weighted by molar-refractivity contribution is 9.10. The number of carbonyl (C=O) groups is 1. The van der Waals surface area contributed by atoms with Gasteiger partial charge in [0.15, 0.2) is 0 Å². The van der Waals surface area contributed by atoms with Gasteiger partial charge in [-0.3, -0.25) is 9.78 Å². The Morgan fingerprint density at radius 1 is 1.57 bits per heavy atom. The summed E-state index contributed by atoms with van der Waals surface area (Å²) in [6.45, 7) is 2.81. The van der Waals surface area contributed by atoms with E-state index in [4.69, 9.17) is 0 Å². The summed E-state index contributed by atoms with van der Waals surface area (Å²) in [5.74, 6) is -0.0133. The second kappa shape index (κ2) is 5.59. The first-order chi connectivity index (χ1) is 6.70. The summed E-state index contributed by atoms with van der Waals surface area (Å²) >= 11 is 3.36. The number of rotatable bonds is 4. The van der Waals surface area contributed by atoms with Gasteiger partial charge in [0, 0.05) is 32.4 Å². The van der Waals surface area contributed by atoms with Gasteiger partial charge in [0.05, 0.1) is 10.2 Å². The van der Waals surface area contributed by atoms with Crippen LogP contribution >= 0.6 is 15.9 Å². The molecule has 14 heavy (non-hydrogen) atoms. The Hall–Kier alpha value is -1.10. The van der Waals surface area contributed by atoms with Crippen LogP contribution in [0, 0.1) is 0 Å². The van der Waals surface area contributed by atoms with Crippen molar-refractivity contribution < 1.29 is 4.79 Å².